The Morgan fingerprint density at radius 2 is 1.66 bits per heavy atom. The zero-order valence-electron chi connectivity index (χ0n) is 22.9. The molecule has 1 aromatic carbocycles. The molecule has 0 radical (unpaired) electrons. The van der Waals surface area contributed by atoms with Crippen LogP contribution in [0.4, 0.5) is 10.5 Å². The van der Waals surface area contributed by atoms with Gasteiger partial charge in [0.1, 0.15) is 23.4 Å². The number of hydrogen-bond acceptors (Lipinski definition) is 8. The van der Waals surface area contributed by atoms with E-state index in [9.17, 15) is 22.8 Å². The first kappa shape index (κ1) is 29.8. The molecule has 3 rings (SSSR count). The number of hydrogen-bond donors (Lipinski definition) is 0. The molecule has 212 valence electrons. The Balaban J connectivity index is 1.93. The quantitative estimate of drug-likeness (QED) is 0.468. The molecule has 2 aliphatic heterocycles. The fraction of sp³-hybridized carbons (Fsp3) is 0.640. The monoisotopic (exact) mass is 554 g/mol. The molecule has 0 aromatic heterocycles. The molecule has 13 heteroatoms. The van der Waals surface area contributed by atoms with Crippen LogP contribution in [0.2, 0.25) is 0 Å². The first-order chi connectivity index (χ1) is 17.7. The third-order valence-corrected chi connectivity index (χ3v) is 8.19. The van der Waals surface area contributed by atoms with Gasteiger partial charge in [-0.05, 0) is 64.8 Å². The summed E-state index contributed by atoms with van der Waals surface area (Å²) in [5.74, 6) is -0.910. The van der Waals surface area contributed by atoms with Crippen LogP contribution < -0.4 is 9.64 Å². The van der Waals surface area contributed by atoms with Gasteiger partial charge in [-0.15, -0.1) is 0 Å². The molecule has 12 nitrogen and oxygen atoms in total. The highest BCUT2D eigenvalue weighted by Gasteiger charge is 2.45. The molecule has 0 bridgehead atoms. The number of rotatable bonds is 7. The lowest BCUT2D eigenvalue weighted by atomic mass is 10.1. The second-order valence-corrected chi connectivity index (χ2v) is 12.3. The van der Waals surface area contributed by atoms with Gasteiger partial charge in [0.2, 0.25) is 5.91 Å². The summed E-state index contributed by atoms with van der Waals surface area (Å²) in [5.41, 5.74) is -0.447. The predicted molar refractivity (Wildman–Crippen MR) is 140 cm³/mol. The van der Waals surface area contributed by atoms with Crippen molar-refractivity contribution in [2.24, 2.45) is 0 Å². The largest absolute Gasteiger partial charge is 0.458 e. The van der Waals surface area contributed by atoms with Gasteiger partial charge in [0.15, 0.2) is 0 Å². The van der Waals surface area contributed by atoms with Gasteiger partial charge in [0, 0.05) is 39.4 Å². The topological polar surface area (TPSA) is 126 Å². The number of benzene rings is 1. The Bertz CT molecular complexity index is 1110. The molecule has 0 saturated carbocycles. The van der Waals surface area contributed by atoms with Crippen LogP contribution >= 0.6 is 0 Å². The van der Waals surface area contributed by atoms with Gasteiger partial charge < -0.3 is 19.1 Å². The van der Waals surface area contributed by atoms with E-state index in [1.165, 1.54) is 30.5 Å². The van der Waals surface area contributed by atoms with E-state index in [0.29, 0.717) is 18.5 Å². The van der Waals surface area contributed by atoms with Crippen LogP contribution in [-0.2, 0) is 29.3 Å². The van der Waals surface area contributed by atoms with Crippen molar-refractivity contribution in [3.63, 3.8) is 0 Å². The van der Waals surface area contributed by atoms with Gasteiger partial charge in [-0.25, -0.2) is 9.59 Å². The molecule has 0 N–H and O–H groups in total. The molecule has 2 fully saturated rings. The number of nitrogens with zero attached hydrogens (tertiary/aromatic N) is 4. The van der Waals surface area contributed by atoms with Gasteiger partial charge in [-0.1, -0.05) is 0 Å². The van der Waals surface area contributed by atoms with E-state index < -0.39 is 45.9 Å². The average Bonchev–Trinajstić information content (AvgIpc) is 3.35. The molecule has 38 heavy (non-hydrogen) atoms. The van der Waals surface area contributed by atoms with Gasteiger partial charge in [-0.3, -0.25) is 9.69 Å². The fourth-order valence-electron chi connectivity index (χ4n) is 4.25. The summed E-state index contributed by atoms with van der Waals surface area (Å²) in [7, 11) is -0.807. The van der Waals surface area contributed by atoms with E-state index in [1.54, 1.807) is 53.9 Å². The molecule has 2 amide bonds. The standard InChI is InChI=1S/C25H38N4O8S/c1-18(23(31)37-25(2,3)4)29(19-9-11-20(12-10-19)36-24(32)26(5)6)22(30)21-8-7-13-28(21)38(33,34)27-14-16-35-17-15-27/h9-12,18,21H,7-8,13-17H2,1-6H3/t18-,21-/m0/s1. The van der Waals surface area contributed by atoms with Crippen LogP contribution in [0.3, 0.4) is 0 Å². The van der Waals surface area contributed by atoms with Crippen LogP contribution in [0.5, 0.6) is 5.75 Å². The van der Waals surface area contributed by atoms with E-state index in [1.807, 2.05) is 0 Å². The first-order valence-corrected chi connectivity index (χ1v) is 14.0. The predicted octanol–water partition coefficient (Wildman–Crippen LogP) is 1.85. The lowest BCUT2D eigenvalue weighted by Gasteiger charge is -2.36. The first-order valence-electron chi connectivity index (χ1n) is 12.6. The second-order valence-electron chi connectivity index (χ2n) is 10.5. The average molecular weight is 555 g/mol. The van der Waals surface area contributed by atoms with Crippen molar-refractivity contribution < 1.29 is 37.0 Å². The number of ether oxygens (including phenoxy) is 3. The number of anilines is 1. The summed E-state index contributed by atoms with van der Waals surface area (Å²) in [6.45, 7) is 7.93. The Hall–Kier alpha value is -2.74. The molecule has 2 heterocycles. The third-order valence-electron chi connectivity index (χ3n) is 6.14. The number of carbonyl (C=O) groups excluding carboxylic acids is 3. The highest BCUT2D eigenvalue weighted by atomic mass is 32.2. The minimum atomic E-state index is -3.91. The Morgan fingerprint density at radius 3 is 2.21 bits per heavy atom. The van der Waals surface area contributed by atoms with Crippen molar-refractivity contribution in [2.75, 3.05) is 51.8 Å². The van der Waals surface area contributed by atoms with Gasteiger partial charge in [-0.2, -0.15) is 17.0 Å². The van der Waals surface area contributed by atoms with Gasteiger partial charge >= 0.3 is 12.1 Å². The third kappa shape index (κ3) is 7.01. The van der Waals surface area contributed by atoms with Gasteiger partial charge in [0.25, 0.3) is 10.2 Å². The minimum Gasteiger partial charge on any atom is -0.458 e. The number of carbonyl (C=O) groups is 3. The maximum atomic E-state index is 14.0. The van der Waals surface area contributed by atoms with Crippen molar-refractivity contribution in [2.45, 2.75) is 58.2 Å². The summed E-state index contributed by atoms with van der Waals surface area (Å²) >= 11 is 0. The summed E-state index contributed by atoms with van der Waals surface area (Å²) < 4.78 is 45.5. The van der Waals surface area contributed by atoms with Crippen molar-refractivity contribution in [3.8, 4) is 5.75 Å². The highest BCUT2D eigenvalue weighted by molar-refractivity contribution is 7.86. The lowest BCUT2D eigenvalue weighted by Crippen LogP contribution is -2.56. The number of morpholine rings is 1. The SMILES string of the molecule is C[C@@H](C(=O)OC(C)(C)C)N(C(=O)[C@@H]1CCCN1S(=O)(=O)N1CCOCC1)c1ccc(OC(=O)N(C)C)cc1. The molecule has 2 saturated heterocycles. The molecule has 2 atom stereocenters. The van der Waals surface area contributed by atoms with Crippen molar-refractivity contribution in [1.29, 1.82) is 0 Å². The van der Waals surface area contributed by atoms with E-state index in [0.717, 1.165) is 0 Å². The highest BCUT2D eigenvalue weighted by Crippen LogP contribution is 2.30. The van der Waals surface area contributed by atoms with Crippen LogP contribution in [0.1, 0.15) is 40.5 Å². The van der Waals surface area contributed by atoms with Crippen LogP contribution in [0.15, 0.2) is 24.3 Å². The minimum absolute atomic E-state index is 0.199. The molecule has 0 spiro atoms. The maximum Gasteiger partial charge on any atom is 0.414 e. The summed E-state index contributed by atoms with van der Waals surface area (Å²) in [4.78, 5) is 41.5. The smallest absolute Gasteiger partial charge is 0.414 e. The number of amides is 2. The van der Waals surface area contributed by atoms with E-state index in [4.69, 9.17) is 14.2 Å². The van der Waals surface area contributed by atoms with E-state index in [2.05, 4.69) is 0 Å². The molecule has 2 aliphatic rings. The Morgan fingerprint density at radius 1 is 1.05 bits per heavy atom. The zero-order chi connectivity index (χ0) is 28.3. The summed E-state index contributed by atoms with van der Waals surface area (Å²) in [6.07, 6.45) is 0.259. The second kappa shape index (κ2) is 12.0. The Labute approximate surface area is 224 Å². The zero-order valence-corrected chi connectivity index (χ0v) is 23.7. The van der Waals surface area contributed by atoms with E-state index in [-0.39, 0.29) is 38.6 Å². The van der Waals surface area contributed by atoms with Crippen LogP contribution in [0.25, 0.3) is 0 Å². The summed E-state index contributed by atoms with van der Waals surface area (Å²) in [5, 5.41) is 0. The van der Waals surface area contributed by atoms with Crippen molar-refractivity contribution in [1.82, 2.24) is 13.5 Å². The van der Waals surface area contributed by atoms with Crippen molar-refractivity contribution >= 4 is 33.9 Å². The normalized spacial score (nSPS) is 20.0. The molecule has 0 unspecified atom stereocenters. The Kier molecular flexibility index (Phi) is 9.39. The molecule has 1 aromatic rings. The fourth-order valence-corrected chi connectivity index (χ4v) is 6.03. The van der Waals surface area contributed by atoms with Crippen LogP contribution in [-0.4, -0.2) is 105 Å². The molecule has 0 aliphatic carbocycles. The molecular formula is C25H38N4O8S. The van der Waals surface area contributed by atoms with Crippen LogP contribution in [0, 0.1) is 0 Å². The lowest BCUT2D eigenvalue weighted by molar-refractivity contribution is -0.157. The molecular weight excluding hydrogens is 516 g/mol. The van der Waals surface area contributed by atoms with E-state index >= 15 is 0 Å². The number of esters is 1. The van der Waals surface area contributed by atoms with Gasteiger partial charge in [0.05, 0.1) is 13.2 Å². The maximum absolute atomic E-state index is 14.0. The summed E-state index contributed by atoms with van der Waals surface area (Å²) in [6, 6.07) is 4.08. The van der Waals surface area contributed by atoms with Crippen molar-refractivity contribution in [3.05, 3.63) is 24.3 Å².